The second-order valence-corrected chi connectivity index (χ2v) is 5.17. The van der Waals surface area contributed by atoms with E-state index in [4.69, 9.17) is 10.5 Å². The van der Waals surface area contributed by atoms with Gasteiger partial charge >= 0.3 is 0 Å². The number of ether oxygens (including phenoxy) is 1. The summed E-state index contributed by atoms with van der Waals surface area (Å²) in [5.41, 5.74) is 7.38. The van der Waals surface area contributed by atoms with Crippen LogP contribution in [0, 0.1) is 0 Å². The molecular weight excluding hydrogens is 306 g/mol. The number of methoxy groups -OCH3 is 1. The van der Waals surface area contributed by atoms with Crippen molar-refractivity contribution in [2.24, 2.45) is 5.73 Å². The third kappa shape index (κ3) is 4.98. The van der Waals surface area contributed by atoms with Gasteiger partial charge in [-0.2, -0.15) is 0 Å². The van der Waals surface area contributed by atoms with Crippen molar-refractivity contribution in [1.29, 1.82) is 0 Å². The number of likely N-dealkylation sites (tertiary alicyclic amines) is 1. The van der Waals surface area contributed by atoms with E-state index in [1.54, 1.807) is 0 Å². The minimum absolute atomic E-state index is 0. The molecule has 0 spiro atoms. The fourth-order valence-electron chi connectivity index (χ4n) is 2.28. The lowest BCUT2D eigenvalue weighted by molar-refractivity contribution is -0.128. The second kappa shape index (κ2) is 8.73. The Morgan fingerprint density at radius 2 is 2.09 bits per heavy atom. The number of carbonyl (C=O) groups excluding carboxylic acids is 2. The van der Waals surface area contributed by atoms with Crippen LogP contribution in [0.1, 0.15) is 18.4 Å². The first-order chi connectivity index (χ1) is 10.1. The first-order valence-electron chi connectivity index (χ1n) is 7.02. The second-order valence-electron chi connectivity index (χ2n) is 5.17. The number of nitrogens with one attached hydrogen (secondary N) is 1. The number of rotatable bonds is 6. The number of hydrogen-bond donors (Lipinski definition) is 2. The lowest BCUT2D eigenvalue weighted by Gasteiger charge is -2.16. The number of benzene rings is 1. The van der Waals surface area contributed by atoms with Gasteiger partial charge in [-0.15, -0.1) is 12.4 Å². The highest BCUT2D eigenvalue weighted by molar-refractivity contribution is 5.94. The van der Waals surface area contributed by atoms with Gasteiger partial charge < -0.3 is 20.7 Å². The molecule has 1 heterocycles. The fraction of sp³-hybridized carbons (Fsp3) is 0.467. The van der Waals surface area contributed by atoms with Crippen LogP contribution in [-0.2, 0) is 20.9 Å². The molecule has 1 aromatic carbocycles. The van der Waals surface area contributed by atoms with Crippen molar-refractivity contribution in [2.75, 3.05) is 25.6 Å². The molecule has 0 bridgehead atoms. The molecule has 7 heteroatoms. The van der Waals surface area contributed by atoms with Gasteiger partial charge in [0.2, 0.25) is 11.8 Å². The zero-order valence-electron chi connectivity index (χ0n) is 12.6. The smallest absolute Gasteiger partial charge is 0.243 e. The summed E-state index contributed by atoms with van der Waals surface area (Å²) >= 11 is 0. The summed E-state index contributed by atoms with van der Waals surface area (Å²) in [5.74, 6) is -0.0720. The molecule has 1 unspecified atom stereocenters. The van der Waals surface area contributed by atoms with Crippen molar-refractivity contribution >= 4 is 29.9 Å². The van der Waals surface area contributed by atoms with Gasteiger partial charge in [-0.3, -0.25) is 9.59 Å². The molecule has 1 saturated heterocycles. The average molecular weight is 328 g/mol. The van der Waals surface area contributed by atoms with E-state index in [9.17, 15) is 9.59 Å². The van der Waals surface area contributed by atoms with Crippen molar-refractivity contribution in [3.05, 3.63) is 29.8 Å². The number of nitrogens with zero attached hydrogens (tertiary/aromatic N) is 1. The van der Waals surface area contributed by atoms with Gasteiger partial charge in [0.1, 0.15) is 6.04 Å². The molecule has 1 aliphatic heterocycles. The quantitative estimate of drug-likeness (QED) is 0.820. The summed E-state index contributed by atoms with van der Waals surface area (Å²) in [6.45, 7) is 1.63. The summed E-state index contributed by atoms with van der Waals surface area (Å²) in [7, 11) is 1.50. The molecule has 1 aliphatic rings. The Kier molecular flexibility index (Phi) is 7.31. The first-order valence-corrected chi connectivity index (χ1v) is 7.02. The van der Waals surface area contributed by atoms with Crippen molar-refractivity contribution < 1.29 is 14.3 Å². The van der Waals surface area contributed by atoms with Crippen molar-refractivity contribution in [2.45, 2.75) is 25.4 Å². The third-order valence-electron chi connectivity index (χ3n) is 3.45. The number of hydrogen-bond acceptors (Lipinski definition) is 4. The molecule has 0 aliphatic carbocycles. The SMILES string of the molecule is COCC(N)C(=O)Nc1ccc(CN2CCCC2=O)cc1.Cl. The molecule has 2 amide bonds. The lowest BCUT2D eigenvalue weighted by Crippen LogP contribution is -2.39. The van der Waals surface area contributed by atoms with Crippen LogP contribution >= 0.6 is 12.4 Å². The lowest BCUT2D eigenvalue weighted by atomic mass is 10.2. The van der Waals surface area contributed by atoms with Gasteiger partial charge in [0.05, 0.1) is 6.61 Å². The number of amides is 2. The monoisotopic (exact) mass is 327 g/mol. The summed E-state index contributed by atoms with van der Waals surface area (Å²) in [4.78, 5) is 25.2. The molecule has 1 aromatic rings. The molecule has 1 fully saturated rings. The number of carbonyl (C=O) groups is 2. The van der Waals surface area contributed by atoms with Crippen LogP contribution in [-0.4, -0.2) is 43.0 Å². The Morgan fingerprint density at radius 3 is 2.64 bits per heavy atom. The van der Waals surface area contributed by atoms with Gasteiger partial charge in [0, 0.05) is 32.3 Å². The van der Waals surface area contributed by atoms with E-state index in [1.165, 1.54) is 7.11 Å². The van der Waals surface area contributed by atoms with Crippen LogP contribution in [0.15, 0.2) is 24.3 Å². The highest BCUT2D eigenvalue weighted by Crippen LogP contribution is 2.16. The molecule has 1 atom stereocenters. The minimum atomic E-state index is -0.683. The Balaban J connectivity index is 0.00000242. The molecule has 0 saturated carbocycles. The molecular formula is C15H22ClN3O3. The minimum Gasteiger partial charge on any atom is -0.383 e. The zero-order chi connectivity index (χ0) is 15.2. The molecule has 0 radical (unpaired) electrons. The Bertz CT molecular complexity index is 507. The van der Waals surface area contributed by atoms with E-state index in [1.807, 2.05) is 29.2 Å². The summed E-state index contributed by atoms with van der Waals surface area (Å²) in [6.07, 6.45) is 1.58. The van der Waals surface area contributed by atoms with E-state index < -0.39 is 6.04 Å². The van der Waals surface area contributed by atoms with E-state index in [2.05, 4.69) is 5.32 Å². The number of halogens is 1. The number of nitrogens with two attached hydrogens (primary N) is 1. The predicted molar refractivity (Wildman–Crippen MR) is 86.8 cm³/mol. The summed E-state index contributed by atoms with van der Waals surface area (Å²) < 4.78 is 4.84. The van der Waals surface area contributed by atoms with Crippen LogP contribution < -0.4 is 11.1 Å². The van der Waals surface area contributed by atoms with E-state index in [0.29, 0.717) is 18.7 Å². The average Bonchev–Trinajstić information content (AvgIpc) is 2.86. The Hall–Kier alpha value is -1.63. The van der Waals surface area contributed by atoms with Crippen molar-refractivity contribution in [3.8, 4) is 0 Å². The summed E-state index contributed by atoms with van der Waals surface area (Å²) in [5, 5.41) is 2.73. The first kappa shape index (κ1) is 18.4. The molecule has 6 nitrogen and oxygen atoms in total. The Morgan fingerprint density at radius 1 is 1.41 bits per heavy atom. The number of anilines is 1. The molecule has 0 aromatic heterocycles. The van der Waals surface area contributed by atoms with Crippen LogP contribution in [0.5, 0.6) is 0 Å². The van der Waals surface area contributed by atoms with E-state index in [0.717, 1.165) is 18.5 Å². The normalized spacial score (nSPS) is 15.4. The van der Waals surface area contributed by atoms with Crippen molar-refractivity contribution in [3.63, 3.8) is 0 Å². The van der Waals surface area contributed by atoms with Crippen LogP contribution in [0.4, 0.5) is 5.69 Å². The third-order valence-corrected chi connectivity index (χ3v) is 3.45. The molecule has 3 N–H and O–H groups in total. The fourth-order valence-corrected chi connectivity index (χ4v) is 2.28. The highest BCUT2D eigenvalue weighted by atomic mass is 35.5. The van der Waals surface area contributed by atoms with Gasteiger partial charge in [0.25, 0.3) is 0 Å². The topological polar surface area (TPSA) is 84.7 Å². The summed E-state index contributed by atoms with van der Waals surface area (Å²) in [6, 6.07) is 6.75. The van der Waals surface area contributed by atoms with Gasteiger partial charge in [-0.25, -0.2) is 0 Å². The Labute approximate surface area is 136 Å². The zero-order valence-corrected chi connectivity index (χ0v) is 13.4. The molecule has 122 valence electrons. The maximum atomic E-state index is 11.7. The largest absolute Gasteiger partial charge is 0.383 e. The van der Waals surface area contributed by atoms with Crippen molar-refractivity contribution in [1.82, 2.24) is 4.90 Å². The molecule has 2 rings (SSSR count). The molecule has 22 heavy (non-hydrogen) atoms. The maximum absolute atomic E-state index is 11.7. The van der Waals surface area contributed by atoms with Gasteiger partial charge in [0.15, 0.2) is 0 Å². The van der Waals surface area contributed by atoms with Crippen LogP contribution in [0.2, 0.25) is 0 Å². The highest BCUT2D eigenvalue weighted by Gasteiger charge is 2.20. The van der Waals surface area contributed by atoms with Gasteiger partial charge in [-0.05, 0) is 24.1 Å². The van der Waals surface area contributed by atoms with Crippen LogP contribution in [0.3, 0.4) is 0 Å². The predicted octanol–water partition coefficient (Wildman–Crippen LogP) is 1.14. The standard InChI is InChI=1S/C15H21N3O3.ClH/c1-21-10-13(16)15(20)17-12-6-4-11(5-7-12)9-18-8-2-3-14(18)19;/h4-7,13H,2-3,8-10,16H2,1H3,(H,17,20);1H. The van der Waals surface area contributed by atoms with Gasteiger partial charge in [-0.1, -0.05) is 12.1 Å². The maximum Gasteiger partial charge on any atom is 0.243 e. The van der Waals surface area contributed by atoms with E-state index in [-0.39, 0.29) is 30.8 Å². The van der Waals surface area contributed by atoms with E-state index >= 15 is 0 Å². The van der Waals surface area contributed by atoms with Crippen LogP contribution in [0.25, 0.3) is 0 Å².